The SMILES string of the molecule is C[C@@H](NNC(N)=O)c1ccccc1. The Bertz CT molecular complexity index is 273. The van der Waals surface area contributed by atoms with Gasteiger partial charge in [0.1, 0.15) is 0 Å². The number of benzene rings is 1. The van der Waals surface area contributed by atoms with Gasteiger partial charge >= 0.3 is 6.03 Å². The van der Waals surface area contributed by atoms with E-state index < -0.39 is 6.03 Å². The molecule has 0 aliphatic heterocycles. The molecular formula is C9H13N3O. The molecule has 0 aromatic heterocycles. The lowest BCUT2D eigenvalue weighted by atomic mass is 10.1. The second kappa shape index (κ2) is 4.47. The van der Waals surface area contributed by atoms with Crippen LogP contribution in [0.1, 0.15) is 18.5 Å². The van der Waals surface area contributed by atoms with Gasteiger partial charge in [-0.2, -0.15) is 0 Å². The Kier molecular flexibility index (Phi) is 3.28. The first-order valence-electron chi connectivity index (χ1n) is 4.06. The second-order valence-corrected chi connectivity index (χ2v) is 2.77. The number of hydrogen-bond acceptors (Lipinski definition) is 2. The maximum absolute atomic E-state index is 10.4. The molecule has 70 valence electrons. The Morgan fingerprint density at radius 1 is 1.38 bits per heavy atom. The van der Waals surface area contributed by atoms with Crippen LogP contribution >= 0.6 is 0 Å². The Labute approximate surface area is 77.1 Å². The highest BCUT2D eigenvalue weighted by molar-refractivity contribution is 5.70. The van der Waals surface area contributed by atoms with E-state index in [0.717, 1.165) is 5.56 Å². The third-order valence-electron chi connectivity index (χ3n) is 1.71. The number of carbonyl (C=O) groups excluding carboxylic acids is 1. The lowest BCUT2D eigenvalue weighted by Crippen LogP contribution is -2.42. The number of rotatable bonds is 3. The van der Waals surface area contributed by atoms with Crippen molar-refractivity contribution in [1.82, 2.24) is 10.9 Å². The van der Waals surface area contributed by atoms with Crippen molar-refractivity contribution in [3.63, 3.8) is 0 Å². The molecule has 0 heterocycles. The minimum Gasteiger partial charge on any atom is -0.351 e. The molecule has 4 nitrogen and oxygen atoms in total. The zero-order valence-electron chi connectivity index (χ0n) is 7.45. The van der Waals surface area contributed by atoms with Crippen LogP contribution in [-0.4, -0.2) is 6.03 Å². The van der Waals surface area contributed by atoms with Gasteiger partial charge in [-0.3, -0.25) is 5.43 Å². The first-order chi connectivity index (χ1) is 6.20. The average molecular weight is 179 g/mol. The van der Waals surface area contributed by atoms with Crippen LogP contribution in [0.4, 0.5) is 4.79 Å². The monoisotopic (exact) mass is 179 g/mol. The molecule has 0 aliphatic rings. The molecule has 1 rings (SSSR count). The van der Waals surface area contributed by atoms with Gasteiger partial charge < -0.3 is 5.73 Å². The summed E-state index contributed by atoms with van der Waals surface area (Å²) < 4.78 is 0. The van der Waals surface area contributed by atoms with Gasteiger partial charge in [0, 0.05) is 6.04 Å². The molecule has 0 unspecified atom stereocenters. The van der Waals surface area contributed by atoms with E-state index in [-0.39, 0.29) is 6.04 Å². The van der Waals surface area contributed by atoms with Crippen molar-refractivity contribution in [2.45, 2.75) is 13.0 Å². The van der Waals surface area contributed by atoms with Crippen molar-refractivity contribution in [3.05, 3.63) is 35.9 Å². The molecule has 0 fully saturated rings. The molecule has 4 N–H and O–H groups in total. The molecule has 1 atom stereocenters. The quantitative estimate of drug-likeness (QED) is 0.604. The first kappa shape index (κ1) is 9.54. The summed E-state index contributed by atoms with van der Waals surface area (Å²) in [5.74, 6) is 0. The maximum atomic E-state index is 10.4. The minimum absolute atomic E-state index is 0.0497. The third kappa shape index (κ3) is 3.13. The molecule has 4 heteroatoms. The van der Waals surface area contributed by atoms with E-state index in [9.17, 15) is 4.79 Å². The molecule has 13 heavy (non-hydrogen) atoms. The van der Waals surface area contributed by atoms with Gasteiger partial charge in [-0.25, -0.2) is 10.2 Å². The maximum Gasteiger partial charge on any atom is 0.326 e. The molecule has 0 saturated heterocycles. The Hall–Kier alpha value is -1.55. The number of amides is 2. The van der Waals surface area contributed by atoms with Crippen LogP contribution in [0.25, 0.3) is 0 Å². The summed E-state index contributed by atoms with van der Waals surface area (Å²) >= 11 is 0. The molecule has 0 aliphatic carbocycles. The van der Waals surface area contributed by atoms with Gasteiger partial charge in [-0.1, -0.05) is 30.3 Å². The van der Waals surface area contributed by atoms with Crippen molar-refractivity contribution in [1.29, 1.82) is 0 Å². The molecule has 2 amide bonds. The number of nitrogens with one attached hydrogen (secondary N) is 2. The molecule has 0 saturated carbocycles. The normalized spacial score (nSPS) is 12.1. The van der Waals surface area contributed by atoms with Crippen LogP contribution < -0.4 is 16.6 Å². The average Bonchev–Trinajstić information content (AvgIpc) is 2.15. The largest absolute Gasteiger partial charge is 0.351 e. The van der Waals surface area contributed by atoms with Crippen molar-refractivity contribution < 1.29 is 4.79 Å². The Balaban J connectivity index is 2.49. The fourth-order valence-corrected chi connectivity index (χ4v) is 1.00. The number of hydrogen-bond donors (Lipinski definition) is 3. The predicted molar refractivity (Wildman–Crippen MR) is 50.7 cm³/mol. The Morgan fingerprint density at radius 2 is 2.00 bits per heavy atom. The molecule has 1 aromatic carbocycles. The number of carbonyl (C=O) groups is 1. The summed E-state index contributed by atoms with van der Waals surface area (Å²) in [5, 5.41) is 0. The van der Waals surface area contributed by atoms with Gasteiger partial charge in [0.25, 0.3) is 0 Å². The van der Waals surface area contributed by atoms with E-state index in [1.54, 1.807) is 0 Å². The zero-order valence-corrected chi connectivity index (χ0v) is 7.45. The van der Waals surface area contributed by atoms with Crippen LogP contribution in [0.3, 0.4) is 0 Å². The summed E-state index contributed by atoms with van der Waals surface area (Å²) in [6.07, 6.45) is 0. The number of nitrogens with two attached hydrogens (primary N) is 1. The van der Waals surface area contributed by atoms with E-state index in [1.165, 1.54) is 0 Å². The molecule has 0 radical (unpaired) electrons. The Morgan fingerprint density at radius 3 is 2.54 bits per heavy atom. The highest BCUT2D eigenvalue weighted by atomic mass is 16.2. The molecule has 1 aromatic rings. The van der Waals surface area contributed by atoms with Gasteiger partial charge in [-0.05, 0) is 12.5 Å². The highest BCUT2D eigenvalue weighted by Gasteiger charge is 2.03. The number of primary amides is 1. The highest BCUT2D eigenvalue weighted by Crippen LogP contribution is 2.09. The van der Waals surface area contributed by atoms with E-state index in [2.05, 4.69) is 10.9 Å². The van der Waals surface area contributed by atoms with E-state index in [0.29, 0.717) is 0 Å². The van der Waals surface area contributed by atoms with Crippen molar-refractivity contribution >= 4 is 6.03 Å². The molecule has 0 bridgehead atoms. The summed E-state index contributed by atoms with van der Waals surface area (Å²) in [6, 6.07) is 9.24. The van der Waals surface area contributed by atoms with Gasteiger partial charge in [0.2, 0.25) is 0 Å². The summed E-state index contributed by atoms with van der Waals surface area (Å²) in [7, 11) is 0. The standard InChI is InChI=1S/C9H13N3O/c1-7(11-12-9(10)13)8-5-3-2-4-6-8/h2-7,11H,1H3,(H3,10,12,13)/t7-/m1/s1. The first-order valence-corrected chi connectivity index (χ1v) is 4.06. The fourth-order valence-electron chi connectivity index (χ4n) is 1.00. The smallest absolute Gasteiger partial charge is 0.326 e. The van der Waals surface area contributed by atoms with Crippen LogP contribution in [0.15, 0.2) is 30.3 Å². The van der Waals surface area contributed by atoms with Gasteiger partial charge in [-0.15, -0.1) is 0 Å². The third-order valence-corrected chi connectivity index (χ3v) is 1.71. The summed E-state index contributed by atoms with van der Waals surface area (Å²) in [5.41, 5.74) is 11.1. The topological polar surface area (TPSA) is 67.2 Å². The predicted octanol–water partition coefficient (Wildman–Crippen LogP) is 0.920. The molecule has 0 spiro atoms. The van der Waals surface area contributed by atoms with Gasteiger partial charge in [0.15, 0.2) is 0 Å². The van der Waals surface area contributed by atoms with Crippen LogP contribution in [0.5, 0.6) is 0 Å². The van der Waals surface area contributed by atoms with Crippen LogP contribution in [0, 0.1) is 0 Å². The van der Waals surface area contributed by atoms with E-state index in [1.807, 2.05) is 37.3 Å². The van der Waals surface area contributed by atoms with Crippen molar-refractivity contribution in [2.75, 3.05) is 0 Å². The molecular weight excluding hydrogens is 166 g/mol. The van der Waals surface area contributed by atoms with Gasteiger partial charge in [0.05, 0.1) is 0 Å². The fraction of sp³-hybridized carbons (Fsp3) is 0.222. The minimum atomic E-state index is -0.581. The lowest BCUT2D eigenvalue weighted by Gasteiger charge is -2.13. The number of hydrazine groups is 1. The zero-order chi connectivity index (χ0) is 9.68. The van der Waals surface area contributed by atoms with Crippen LogP contribution in [0.2, 0.25) is 0 Å². The summed E-state index contributed by atoms with van der Waals surface area (Å²) in [6.45, 7) is 1.94. The summed E-state index contributed by atoms with van der Waals surface area (Å²) in [4.78, 5) is 10.4. The van der Waals surface area contributed by atoms with Crippen molar-refractivity contribution in [3.8, 4) is 0 Å². The lowest BCUT2D eigenvalue weighted by molar-refractivity contribution is 0.242. The van der Waals surface area contributed by atoms with Crippen LogP contribution in [-0.2, 0) is 0 Å². The van der Waals surface area contributed by atoms with E-state index >= 15 is 0 Å². The van der Waals surface area contributed by atoms with E-state index in [4.69, 9.17) is 5.73 Å². The second-order valence-electron chi connectivity index (χ2n) is 2.77. The number of urea groups is 1. The van der Waals surface area contributed by atoms with Crippen molar-refractivity contribution in [2.24, 2.45) is 5.73 Å².